The highest BCUT2D eigenvalue weighted by Gasteiger charge is 2.28. The average Bonchev–Trinajstić information content (AvgIpc) is 2.80. The number of carbonyl (C=O) groups is 1. The molecule has 7 heteroatoms. The molecular formula is C27H32N2O4S. The number of sulfonamides is 1. The molecule has 0 aromatic heterocycles. The normalized spacial score (nSPS) is 12.2. The molecule has 0 aliphatic rings. The van der Waals surface area contributed by atoms with E-state index in [9.17, 15) is 13.2 Å². The van der Waals surface area contributed by atoms with E-state index in [-0.39, 0.29) is 23.4 Å². The predicted molar refractivity (Wildman–Crippen MR) is 136 cm³/mol. The standard InChI is InChI=1S/C27H32N2O4S/c1-18-7-9-23(10-8-18)29(34(31,32)25-13-11-24(33-6)12-14-25)17-27(30)28-22(5)26-16-20(3)19(2)15-21(26)4/h7-16,22H,17H2,1-6H3,(H,28,30)/t22-/m1/s1. The smallest absolute Gasteiger partial charge is 0.264 e. The molecule has 0 unspecified atom stereocenters. The van der Waals surface area contributed by atoms with Gasteiger partial charge in [-0.1, -0.05) is 29.8 Å². The van der Waals surface area contributed by atoms with Crippen LogP contribution in [0.5, 0.6) is 5.75 Å². The SMILES string of the molecule is COc1ccc(S(=O)(=O)N(CC(=O)N[C@H](C)c2cc(C)c(C)cc2C)c2ccc(C)cc2)cc1. The minimum absolute atomic E-state index is 0.0831. The van der Waals surface area contributed by atoms with E-state index in [2.05, 4.69) is 24.4 Å². The van der Waals surface area contributed by atoms with E-state index in [1.807, 2.05) is 39.8 Å². The molecule has 0 fully saturated rings. The molecule has 6 nitrogen and oxygen atoms in total. The van der Waals surface area contributed by atoms with Gasteiger partial charge in [0.2, 0.25) is 5.91 Å². The van der Waals surface area contributed by atoms with Crippen molar-refractivity contribution in [2.75, 3.05) is 18.0 Å². The predicted octanol–water partition coefficient (Wildman–Crippen LogP) is 5.00. The van der Waals surface area contributed by atoms with E-state index in [1.54, 1.807) is 24.3 Å². The molecule has 0 saturated carbocycles. The summed E-state index contributed by atoms with van der Waals surface area (Å²) < 4.78 is 33.4. The molecule has 3 rings (SSSR count). The highest BCUT2D eigenvalue weighted by Crippen LogP contribution is 2.26. The van der Waals surface area contributed by atoms with E-state index < -0.39 is 10.0 Å². The highest BCUT2D eigenvalue weighted by molar-refractivity contribution is 7.92. The molecule has 180 valence electrons. The molecule has 34 heavy (non-hydrogen) atoms. The number of benzene rings is 3. The Hall–Kier alpha value is -3.32. The molecule has 0 spiro atoms. The van der Waals surface area contributed by atoms with Gasteiger partial charge in [-0.2, -0.15) is 0 Å². The Bertz CT molecular complexity index is 1270. The zero-order chi connectivity index (χ0) is 25.0. The minimum atomic E-state index is -3.99. The number of hydrogen-bond acceptors (Lipinski definition) is 4. The van der Waals surface area contributed by atoms with Gasteiger partial charge in [-0.3, -0.25) is 9.10 Å². The Balaban J connectivity index is 1.90. The summed E-state index contributed by atoms with van der Waals surface area (Å²) in [5.41, 5.74) is 5.84. The number of nitrogens with zero attached hydrogens (tertiary/aromatic N) is 1. The Morgan fingerprint density at radius 2 is 1.50 bits per heavy atom. The Kier molecular flexibility index (Phi) is 7.67. The summed E-state index contributed by atoms with van der Waals surface area (Å²) in [6.45, 7) is 9.59. The van der Waals surface area contributed by atoms with Crippen LogP contribution in [0.3, 0.4) is 0 Å². The number of carbonyl (C=O) groups excluding carboxylic acids is 1. The van der Waals surface area contributed by atoms with Crippen molar-refractivity contribution in [2.45, 2.75) is 45.6 Å². The number of hydrogen-bond donors (Lipinski definition) is 1. The summed E-state index contributed by atoms with van der Waals surface area (Å²) in [4.78, 5) is 13.2. The van der Waals surface area contributed by atoms with E-state index in [1.165, 1.54) is 24.8 Å². The van der Waals surface area contributed by atoms with Gasteiger partial charge in [-0.15, -0.1) is 0 Å². The van der Waals surface area contributed by atoms with Gasteiger partial charge in [0.05, 0.1) is 23.7 Å². The van der Waals surface area contributed by atoms with Crippen LogP contribution in [0.25, 0.3) is 0 Å². The van der Waals surface area contributed by atoms with Crippen molar-refractivity contribution < 1.29 is 17.9 Å². The number of methoxy groups -OCH3 is 1. The molecule has 0 radical (unpaired) electrons. The number of ether oxygens (including phenoxy) is 1. The van der Waals surface area contributed by atoms with Crippen molar-refractivity contribution in [3.05, 3.63) is 88.5 Å². The van der Waals surface area contributed by atoms with Crippen molar-refractivity contribution >= 4 is 21.6 Å². The van der Waals surface area contributed by atoms with E-state index in [0.717, 1.165) is 26.6 Å². The lowest BCUT2D eigenvalue weighted by Gasteiger charge is -2.26. The second-order valence-corrected chi connectivity index (χ2v) is 10.5. The third kappa shape index (κ3) is 5.59. The second kappa shape index (κ2) is 10.3. The molecule has 0 aliphatic carbocycles. The number of amides is 1. The van der Waals surface area contributed by atoms with Gasteiger partial charge < -0.3 is 10.1 Å². The van der Waals surface area contributed by atoms with Crippen LogP contribution < -0.4 is 14.4 Å². The first kappa shape index (κ1) is 25.3. The van der Waals surface area contributed by atoms with Gasteiger partial charge in [0.1, 0.15) is 12.3 Å². The van der Waals surface area contributed by atoms with Crippen LogP contribution in [0.4, 0.5) is 5.69 Å². The summed E-state index contributed by atoms with van der Waals surface area (Å²) >= 11 is 0. The summed E-state index contributed by atoms with van der Waals surface area (Å²) in [7, 11) is -2.47. The molecule has 1 N–H and O–H groups in total. The summed E-state index contributed by atoms with van der Waals surface area (Å²) in [5, 5.41) is 2.97. The van der Waals surface area contributed by atoms with Crippen LogP contribution in [0.1, 0.15) is 40.8 Å². The Morgan fingerprint density at radius 3 is 2.09 bits per heavy atom. The monoisotopic (exact) mass is 480 g/mol. The van der Waals surface area contributed by atoms with Crippen LogP contribution in [0.2, 0.25) is 0 Å². The summed E-state index contributed by atoms with van der Waals surface area (Å²) in [6, 6.07) is 17.1. The van der Waals surface area contributed by atoms with Crippen LogP contribution in [0, 0.1) is 27.7 Å². The third-order valence-corrected chi connectivity index (χ3v) is 7.77. The van der Waals surface area contributed by atoms with E-state index >= 15 is 0 Å². The quantitative estimate of drug-likeness (QED) is 0.492. The maximum absolute atomic E-state index is 13.5. The van der Waals surface area contributed by atoms with Crippen molar-refractivity contribution in [3.8, 4) is 5.75 Å². The van der Waals surface area contributed by atoms with Crippen LogP contribution >= 0.6 is 0 Å². The van der Waals surface area contributed by atoms with Gasteiger partial charge in [-0.05, 0) is 93.3 Å². The van der Waals surface area contributed by atoms with Gasteiger partial charge in [0.15, 0.2) is 0 Å². The first-order valence-electron chi connectivity index (χ1n) is 11.1. The number of aryl methyl sites for hydroxylation is 4. The summed E-state index contributed by atoms with van der Waals surface area (Å²) in [5.74, 6) is 0.166. The molecule has 0 bridgehead atoms. The summed E-state index contributed by atoms with van der Waals surface area (Å²) in [6.07, 6.45) is 0. The van der Waals surface area contributed by atoms with E-state index in [4.69, 9.17) is 4.74 Å². The molecule has 0 heterocycles. The minimum Gasteiger partial charge on any atom is -0.497 e. The topological polar surface area (TPSA) is 75.7 Å². The van der Waals surface area contributed by atoms with Crippen molar-refractivity contribution in [2.24, 2.45) is 0 Å². The molecule has 1 atom stereocenters. The Morgan fingerprint density at radius 1 is 0.912 bits per heavy atom. The maximum Gasteiger partial charge on any atom is 0.264 e. The first-order chi connectivity index (χ1) is 16.0. The number of nitrogens with one attached hydrogen (secondary N) is 1. The maximum atomic E-state index is 13.5. The number of anilines is 1. The lowest BCUT2D eigenvalue weighted by molar-refractivity contribution is -0.120. The zero-order valence-electron chi connectivity index (χ0n) is 20.5. The molecule has 0 aliphatic heterocycles. The first-order valence-corrected chi connectivity index (χ1v) is 12.6. The fourth-order valence-corrected chi connectivity index (χ4v) is 5.27. The van der Waals surface area contributed by atoms with Crippen molar-refractivity contribution in [1.82, 2.24) is 5.32 Å². The molecule has 3 aromatic rings. The van der Waals surface area contributed by atoms with E-state index in [0.29, 0.717) is 11.4 Å². The average molecular weight is 481 g/mol. The van der Waals surface area contributed by atoms with Gasteiger partial charge in [0, 0.05) is 0 Å². The molecule has 1 amide bonds. The zero-order valence-corrected chi connectivity index (χ0v) is 21.4. The third-order valence-electron chi connectivity index (χ3n) is 5.98. The van der Waals surface area contributed by atoms with Crippen LogP contribution in [0.15, 0.2) is 65.6 Å². The highest BCUT2D eigenvalue weighted by atomic mass is 32.2. The van der Waals surface area contributed by atoms with Gasteiger partial charge in [0.25, 0.3) is 10.0 Å². The van der Waals surface area contributed by atoms with Gasteiger partial charge >= 0.3 is 0 Å². The second-order valence-electron chi connectivity index (χ2n) is 8.61. The fraction of sp³-hybridized carbons (Fsp3) is 0.296. The molecule has 3 aromatic carbocycles. The fourth-order valence-electron chi connectivity index (χ4n) is 3.85. The number of rotatable bonds is 8. The van der Waals surface area contributed by atoms with Gasteiger partial charge in [-0.25, -0.2) is 8.42 Å². The van der Waals surface area contributed by atoms with Crippen LogP contribution in [-0.4, -0.2) is 28.0 Å². The lowest BCUT2D eigenvalue weighted by Crippen LogP contribution is -2.41. The Labute approximate surface area is 202 Å². The largest absolute Gasteiger partial charge is 0.497 e. The van der Waals surface area contributed by atoms with Crippen molar-refractivity contribution in [1.29, 1.82) is 0 Å². The lowest BCUT2D eigenvalue weighted by atomic mass is 9.96. The van der Waals surface area contributed by atoms with Crippen molar-refractivity contribution in [3.63, 3.8) is 0 Å². The molecular weight excluding hydrogens is 448 g/mol. The molecule has 0 saturated heterocycles. The van der Waals surface area contributed by atoms with Crippen LogP contribution in [-0.2, 0) is 14.8 Å².